The standard InChI is InChI=1S/C24H26FN5O/c1-2-5-18-9-10-20(22(23(27)31)19-8-4-12-28-21(19)15-26)24(30-18)29-13-11-16-6-3-7-17(25)14-16/h2-10,12,14,22H,11,13,15,26H2,1H3,(H2,27,31)(H,29,30)/b5-2+. The van der Waals surface area contributed by atoms with Gasteiger partial charge in [-0.05, 0) is 54.8 Å². The first-order chi connectivity index (χ1) is 15.0. The summed E-state index contributed by atoms with van der Waals surface area (Å²) in [4.78, 5) is 21.5. The fourth-order valence-electron chi connectivity index (χ4n) is 3.50. The molecule has 0 aliphatic carbocycles. The highest BCUT2D eigenvalue weighted by Crippen LogP contribution is 2.31. The molecule has 2 aromatic heterocycles. The highest BCUT2D eigenvalue weighted by atomic mass is 19.1. The second-order valence-electron chi connectivity index (χ2n) is 7.06. The normalized spacial score (nSPS) is 12.1. The molecule has 5 N–H and O–H groups in total. The number of nitrogens with two attached hydrogens (primary N) is 2. The predicted octanol–water partition coefficient (Wildman–Crippen LogP) is 3.38. The Morgan fingerprint density at radius 2 is 2.03 bits per heavy atom. The zero-order valence-electron chi connectivity index (χ0n) is 17.4. The van der Waals surface area contributed by atoms with E-state index >= 15 is 0 Å². The molecular formula is C24H26FN5O. The van der Waals surface area contributed by atoms with Gasteiger partial charge >= 0.3 is 0 Å². The second kappa shape index (κ2) is 10.4. The summed E-state index contributed by atoms with van der Waals surface area (Å²) in [6.45, 7) is 2.60. The van der Waals surface area contributed by atoms with Crippen molar-refractivity contribution in [1.82, 2.24) is 9.97 Å². The number of pyridine rings is 2. The van der Waals surface area contributed by atoms with E-state index in [0.717, 1.165) is 11.3 Å². The van der Waals surface area contributed by atoms with Crippen LogP contribution in [-0.4, -0.2) is 22.4 Å². The summed E-state index contributed by atoms with van der Waals surface area (Å²) >= 11 is 0. The van der Waals surface area contributed by atoms with E-state index < -0.39 is 11.8 Å². The Balaban J connectivity index is 1.96. The Morgan fingerprint density at radius 1 is 1.19 bits per heavy atom. The van der Waals surface area contributed by atoms with Gasteiger partial charge in [-0.15, -0.1) is 0 Å². The third kappa shape index (κ3) is 5.52. The Kier molecular flexibility index (Phi) is 7.45. The van der Waals surface area contributed by atoms with Crippen LogP contribution in [0.1, 0.15) is 40.9 Å². The molecule has 1 amide bonds. The number of hydrogen-bond acceptors (Lipinski definition) is 5. The molecule has 0 saturated heterocycles. The van der Waals surface area contributed by atoms with Crippen molar-refractivity contribution in [3.63, 3.8) is 0 Å². The van der Waals surface area contributed by atoms with Gasteiger partial charge in [-0.2, -0.15) is 0 Å². The minimum absolute atomic E-state index is 0.187. The van der Waals surface area contributed by atoms with Crippen LogP contribution in [0.2, 0.25) is 0 Å². The average molecular weight is 420 g/mol. The number of benzene rings is 1. The number of amides is 1. The number of carbonyl (C=O) groups excluding carboxylic acids is 1. The molecular weight excluding hydrogens is 393 g/mol. The zero-order valence-corrected chi connectivity index (χ0v) is 17.4. The fraction of sp³-hybridized carbons (Fsp3) is 0.208. The number of hydrogen-bond donors (Lipinski definition) is 3. The van der Waals surface area contributed by atoms with Crippen LogP contribution in [0, 0.1) is 5.82 Å². The lowest BCUT2D eigenvalue weighted by Gasteiger charge is -2.20. The minimum atomic E-state index is -0.754. The van der Waals surface area contributed by atoms with Gasteiger partial charge in [0.15, 0.2) is 0 Å². The summed E-state index contributed by atoms with van der Waals surface area (Å²) in [7, 11) is 0. The number of anilines is 1. The zero-order chi connectivity index (χ0) is 22.2. The number of halogens is 1. The monoisotopic (exact) mass is 419 g/mol. The number of nitrogens with one attached hydrogen (secondary N) is 1. The fourth-order valence-corrected chi connectivity index (χ4v) is 3.50. The second-order valence-corrected chi connectivity index (χ2v) is 7.06. The van der Waals surface area contributed by atoms with Crippen molar-refractivity contribution in [3.05, 3.63) is 94.7 Å². The Morgan fingerprint density at radius 3 is 2.74 bits per heavy atom. The van der Waals surface area contributed by atoms with Crippen molar-refractivity contribution in [1.29, 1.82) is 0 Å². The number of rotatable bonds is 9. The van der Waals surface area contributed by atoms with Crippen molar-refractivity contribution < 1.29 is 9.18 Å². The van der Waals surface area contributed by atoms with E-state index in [-0.39, 0.29) is 12.4 Å². The molecule has 160 valence electrons. The largest absolute Gasteiger partial charge is 0.369 e. The first-order valence-corrected chi connectivity index (χ1v) is 10.1. The van der Waals surface area contributed by atoms with Crippen LogP contribution in [0.4, 0.5) is 10.2 Å². The van der Waals surface area contributed by atoms with Gasteiger partial charge in [-0.25, -0.2) is 9.37 Å². The van der Waals surface area contributed by atoms with E-state index in [4.69, 9.17) is 11.5 Å². The van der Waals surface area contributed by atoms with Crippen LogP contribution in [0.5, 0.6) is 0 Å². The molecule has 6 nitrogen and oxygen atoms in total. The molecule has 1 unspecified atom stereocenters. The van der Waals surface area contributed by atoms with Gasteiger partial charge in [0.1, 0.15) is 11.6 Å². The lowest BCUT2D eigenvalue weighted by Crippen LogP contribution is -2.26. The van der Waals surface area contributed by atoms with E-state index in [1.165, 1.54) is 12.1 Å². The van der Waals surface area contributed by atoms with Crippen molar-refractivity contribution in [3.8, 4) is 0 Å². The maximum Gasteiger partial charge on any atom is 0.229 e. The number of aromatic nitrogens is 2. The van der Waals surface area contributed by atoms with Gasteiger partial charge in [0.2, 0.25) is 5.91 Å². The predicted molar refractivity (Wildman–Crippen MR) is 121 cm³/mol. The molecule has 3 rings (SSSR count). The minimum Gasteiger partial charge on any atom is -0.369 e. The van der Waals surface area contributed by atoms with E-state index in [1.807, 2.05) is 37.3 Å². The average Bonchev–Trinajstić information content (AvgIpc) is 2.76. The molecule has 3 aromatic rings. The molecule has 0 radical (unpaired) electrons. The summed E-state index contributed by atoms with van der Waals surface area (Å²) in [6, 6.07) is 13.7. The number of primary amides is 1. The van der Waals surface area contributed by atoms with Gasteiger partial charge in [-0.3, -0.25) is 9.78 Å². The number of carbonyl (C=O) groups is 1. The van der Waals surface area contributed by atoms with Crippen LogP contribution in [0.25, 0.3) is 6.08 Å². The highest BCUT2D eigenvalue weighted by molar-refractivity contribution is 5.87. The molecule has 7 heteroatoms. The van der Waals surface area contributed by atoms with E-state index in [2.05, 4.69) is 15.3 Å². The van der Waals surface area contributed by atoms with Crippen LogP contribution in [0.3, 0.4) is 0 Å². The van der Waals surface area contributed by atoms with E-state index in [9.17, 15) is 9.18 Å². The molecule has 1 atom stereocenters. The lowest BCUT2D eigenvalue weighted by molar-refractivity contribution is -0.118. The van der Waals surface area contributed by atoms with Crippen molar-refractivity contribution in [2.45, 2.75) is 25.8 Å². The topological polar surface area (TPSA) is 107 Å². The maximum atomic E-state index is 13.5. The van der Waals surface area contributed by atoms with Crippen LogP contribution < -0.4 is 16.8 Å². The summed E-state index contributed by atoms with van der Waals surface area (Å²) in [5.41, 5.74) is 15.2. The summed E-state index contributed by atoms with van der Waals surface area (Å²) in [6.07, 6.45) is 5.98. The first-order valence-electron chi connectivity index (χ1n) is 10.1. The number of nitrogens with zero attached hydrogens (tertiary/aromatic N) is 2. The molecule has 0 spiro atoms. The quantitative estimate of drug-likeness (QED) is 0.493. The Hall–Kier alpha value is -3.58. The van der Waals surface area contributed by atoms with Gasteiger partial charge in [0.25, 0.3) is 0 Å². The Labute approximate surface area is 181 Å². The van der Waals surface area contributed by atoms with Crippen LogP contribution in [-0.2, 0) is 17.8 Å². The smallest absolute Gasteiger partial charge is 0.229 e. The third-order valence-corrected chi connectivity index (χ3v) is 4.91. The van der Waals surface area contributed by atoms with Gasteiger partial charge in [0, 0.05) is 24.8 Å². The summed E-state index contributed by atoms with van der Waals surface area (Å²) in [5, 5.41) is 3.30. The molecule has 0 fully saturated rings. The first kappa shape index (κ1) is 22.1. The molecule has 0 bridgehead atoms. The van der Waals surface area contributed by atoms with Gasteiger partial charge < -0.3 is 16.8 Å². The van der Waals surface area contributed by atoms with Crippen molar-refractivity contribution in [2.24, 2.45) is 11.5 Å². The molecule has 0 aliphatic rings. The SMILES string of the molecule is C/C=C/c1ccc(C(C(N)=O)c2cccnc2CN)c(NCCc2cccc(F)c2)n1. The van der Waals surface area contributed by atoms with Crippen LogP contribution in [0.15, 0.2) is 60.8 Å². The number of allylic oxidation sites excluding steroid dienone is 1. The van der Waals surface area contributed by atoms with Crippen LogP contribution >= 0.6 is 0 Å². The lowest BCUT2D eigenvalue weighted by atomic mass is 9.89. The molecule has 2 heterocycles. The van der Waals surface area contributed by atoms with Gasteiger partial charge in [0.05, 0.1) is 17.3 Å². The van der Waals surface area contributed by atoms with Crippen molar-refractivity contribution >= 4 is 17.8 Å². The summed E-state index contributed by atoms with van der Waals surface area (Å²) in [5.74, 6) is -0.999. The Bertz CT molecular complexity index is 1080. The molecule has 31 heavy (non-hydrogen) atoms. The summed E-state index contributed by atoms with van der Waals surface area (Å²) < 4.78 is 13.5. The molecule has 0 aliphatic heterocycles. The molecule has 1 aromatic carbocycles. The molecule has 0 saturated carbocycles. The van der Waals surface area contributed by atoms with E-state index in [0.29, 0.717) is 35.6 Å². The van der Waals surface area contributed by atoms with E-state index in [1.54, 1.807) is 24.4 Å². The highest BCUT2D eigenvalue weighted by Gasteiger charge is 2.26. The van der Waals surface area contributed by atoms with Crippen molar-refractivity contribution in [2.75, 3.05) is 11.9 Å². The third-order valence-electron chi connectivity index (χ3n) is 4.91. The van der Waals surface area contributed by atoms with Gasteiger partial charge in [-0.1, -0.05) is 30.3 Å². The maximum absolute atomic E-state index is 13.5.